The van der Waals surface area contributed by atoms with Crippen molar-refractivity contribution < 1.29 is 0 Å². The Labute approximate surface area is 92.0 Å². The Morgan fingerprint density at radius 2 is 2.20 bits per heavy atom. The molecular formula is C10H10N4S. The van der Waals surface area contributed by atoms with Crippen LogP contribution in [0.4, 0.5) is 5.82 Å². The second-order valence-corrected chi connectivity index (χ2v) is 3.68. The van der Waals surface area contributed by atoms with Crippen LogP contribution in [0, 0.1) is 0 Å². The molecule has 0 amide bonds. The second-order valence-electron chi connectivity index (χ2n) is 2.91. The lowest BCUT2D eigenvalue weighted by Gasteiger charge is -2.03. The van der Waals surface area contributed by atoms with Crippen LogP contribution in [0.1, 0.15) is 0 Å². The van der Waals surface area contributed by atoms with Gasteiger partial charge in [-0.05, 0) is 18.4 Å². The maximum Gasteiger partial charge on any atom is 0.189 e. The van der Waals surface area contributed by atoms with Crippen molar-refractivity contribution in [3.05, 3.63) is 30.6 Å². The molecule has 0 aliphatic rings. The van der Waals surface area contributed by atoms with Crippen molar-refractivity contribution in [2.45, 2.75) is 5.16 Å². The molecule has 0 atom stereocenters. The van der Waals surface area contributed by atoms with Gasteiger partial charge in [0.2, 0.25) is 0 Å². The fraction of sp³-hybridized carbons (Fsp3) is 0.100. The van der Waals surface area contributed by atoms with Gasteiger partial charge in [-0.2, -0.15) is 0 Å². The summed E-state index contributed by atoms with van der Waals surface area (Å²) in [4.78, 5) is 12.5. The molecule has 2 heterocycles. The van der Waals surface area contributed by atoms with E-state index in [9.17, 15) is 0 Å². The van der Waals surface area contributed by atoms with Gasteiger partial charge in [-0.3, -0.25) is 4.98 Å². The molecule has 0 unspecified atom stereocenters. The number of aromatic nitrogens is 3. The number of hydrogen-bond acceptors (Lipinski definition) is 5. The van der Waals surface area contributed by atoms with Crippen LogP contribution in [0.25, 0.3) is 11.3 Å². The van der Waals surface area contributed by atoms with Crippen molar-refractivity contribution in [1.82, 2.24) is 15.0 Å². The topological polar surface area (TPSA) is 64.7 Å². The zero-order chi connectivity index (χ0) is 10.7. The third kappa shape index (κ3) is 2.24. The number of anilines is 1. The molecule has 2 aromatic heterocycles. The lowest BCUT2D eigenvalue weighted by atomic mass is 10.2. The summed E-state index contributed by atoms with van der Waals surface area (Å²) in [5.41, 5.74) is 7.44. The van der Waals surface area contributed by atoms with E-state index >= 15 is 0 Å². The molecule has 0 spiro atoms. The van der Waals surface area contributed by atoms with Crippen LogP contribution in [0.2, 0.25) is 0 Å². The van der Waals surface area contributed by atoms with Gasteiger partial charge in [0.05, 0.1) is 5.69 Å². The highest BCUT2D eigenvalue weighted by atomic mass is 32.2. The van der Waals surface area contributed by atoms with E-state index in [1.807, 2.05) is 18.4 Å². The molecule has 2 rings (SSSR count). The van der Waals surface area contributed by atoms with Gasteiger partial charge >= 0.3 is 0 Å². The van der Waals surface area contributed by atoms with E-state index in [1.54, 1.807) is 18.5 Å². The summed E-state index contributed by atoms with van der Waals surface area (Å²) in [6.07, 6.45) is 5.40. The second kappa shape index (κ2) is 4.27. The van der Waals surface area contributed by atoms with Gasteiger partial charge in [0.25, 0.3) is 0 Å². The maximum atomic E-state index is 5.69. The summed E-state index contributed by atoms with van der Waals surface area (Å²) in [7, 11) is 0. The molecule has 4 nitrogen and oxygen atoms in total. The van der Waals surface area contributed by atoms with Gasteiger partial charge in [-0.15, -0.1) is 0 Å². The molecule has 0 saturated carbocycles. The third-order valence-corrected chi connectivity index (χ3v) is 2.41. The normalized spacial score (nSPS) is 10.2. The van der Waals surface area contributed by atoms with Crippen molar-refractivity contribution in [2.24, 2.45) is 0 Å². The first kappa shape index (κ1) is 9.92. The van der Waals surface area contributed by atoms with Crippen LogP contribution in [0.15, 0.2) is 35.7 Å². The van der Waals surface area contributed by atoms with E-state index in [4.69, 9.17) is 5.73 Å². The Hall–Kier alpha value is -1.62. The molecule has 15 heavy (non-hydrogen) atoms. The Bertz CT molecular complexity index is 458. The summed E-state index contributed by atoms with van der Waals surface area (Å²) in [6, 6.07) is 5.56. The number of hydrogen-bond donors (Lipinski definition) is 1. The molecule has 0 aliphatic carbocycles. The van der Waals surface area contributed by atoms with Crippen LogP contribution in [0.5, 0.6) is 0 Å². The zero-order valence-electron chi connectivity index (χ0n) is 8.21. The number of nitrogen functional groups attached to an aromatic ring is 1. The molecule has 0 radical (unpaired) electrons. The number of nitrogens with two attached hydrogens (primary N) is 1. The molecular weight excluding hydrogens is 208 g/mol. The fourth-order valence-electron chi connectivity index (χ4n) is 1.20. The summed E-state index contributed by atoms with van der Waals surface area (Å²) in [5.74, 6) is 0.480. The number of pyridine rings is 1. The molecule has 0 aliphatic heterocycles. The van der Waals surface area contributed by atoms with Crippen molar-refractivity contribution in [3.63, 3.8) is 0 Å². The van der Waals surface area contributed by atoms with Gasteiger partial charge < -0.3 is 5.73 Å². The lowest BCUT2D eigenvalue weighted by molar-refractivity contribution is 0.984. The first-order valence-corrected chi connectivity index (χ1v) is 5.61. The summed E-state index contributed by atoms with van der Waals surface area (Å²) >= 11 is 1.47. The Morgan fingerprint density at radius 1 is 1.33 bits per heavy atom. The number of thioether (sulfide) groups is 1. The molecule has 76 valence electrons. The van der Waals surface area contributed by atoms with Crippen molar-refractivity contribution in [1.29, 1.82) is 0 Å². The molecule has 0 aromatic carbocycles. The Kier molecular flexibility index (Phi) is 2.82. The van der Waals surface area contributed by atoms with E-state index in [0.717, 1.165) is 11.3 Å². The van der Waals surface area contributed by atoms with E-state index in [-0.39, 0.29) is 0 Å². The van der Waals surface area contributed by atoms with Crippen molar-refractivity contribution >= 4 is 17.6 Å². The molecule has 0 saturated heterocycles. The van der Waals surface area contributed by atoms with Crippen LogP contribution >= 0.6 is 11.8 Å². The first-order valence-electron chi connectivity index (χ1n) is 4.38. The molecule has 0 fully saturated rings. The quantitative estimate of drug-likeness (QED) is 0.615. The average molecular weight is 218 g/mol. The van der Waals surface area contributed by atoms with Crippen molar-refractivity contribution in [3.8, 4) is 11.3 Å². The molecule has 0 bridgehead atoms. The van der Waals surface area contributed by atoms with E-state index in [2.05, 4.69) is 15.0 Å². The Morgan fingerprint density at radius 3 is 2.87 bits per heavy atom. The standard InChI is InChI=1S/C10H10N4S/c1-15-10-13-8(5-9(11)14-10)7-3-2-4-12-6-7/h2-6H,1H3,(H2,11,13,14). The Balaban J connectivity index is 2.49. The van der Waals surface area contributed by atoms with Gasteiger partial charge in [-0.25, -0.2) is 9.97 Å². The summed E-state index contributed by atoms with van der Waals surface area (Å²) in [5, 5.41) is 0.675. The van der Waals surface area contributed by atoms with Crippen LogP contribution in [-0.4, -0.2) is 21.2 Å². The summed E-state index contributed by atoms with van der Waals surface area (Å²) < 4.78 is 0. The van der Waals surface area contributed by atoms with Crippen LogP contribution < -0.4 is 5.73 Å². The molecule has 2 N–H and O–H groups in total. The first-order chi connectivity index (χ1) is 7.29. The minimum atomic E-state index is 0.480. The minimum absolute atomic E-state index is 0.480. The maximum absolute atomic E-state index is 5.69. The number of rotatable bonds is 2. The van der Waals surface area contributed by atoms with Gasteiger partial charge in [0.15, 0.2) is 5.16 Å². The smallest absolute Gasteiger partial charge is 0.189 e. The highest BCUT2D eigenvalue weighted by Gasteiger charge is 2.03. The predicted octanol–water partition coefficient (Wildman–Crippen LogP) is 1.84. The zero-order valence-corrected chi connectivity index (χ0v) is 9.03. The molecule has 2 aromatic rings. The van der Waals surface area contributed by atoms with Gasteiger partial charge in [0, 0.05) is 24.0 Å². The predicted molar refractivity (Wildman–Crippen MR) is 61.5 cm³/mol. The van der Waals surface area contributed by atoms with E-state index < -0.39 is 0 Å². The number of nitrogens with zero attached hydrogens (tertiary/aromatic N) is 3. The van der Waals surface area contributed by atoms with Gasteiger partial charge in [-0.1, -0.05) is 11.8 Å². The van der Waals surface area contributed by atoms with E-state index in [0.29, 0.717) is 11.0 Å². The fourth-order valence-corrected chi connectivity index (χ4v) is 1.58. The molecule has 5 heteroatoms. The highest BCUT2D eigenvalue weighted by Crippen LogP contribution is 2.20. The lowest BCUT2D eigenvalue weighted by Crippen LogP contribution is -1.96. The largest absolute Gasteiger partial charge is 0.384 e. The van der Waals surface area contributed by atoms with Crippen LogP contribution in [-0.2, 0) is 0 Å². The minimum Gasteiger partial charge on any atom is -0.384 e. The highest BCUT2D eigenvalue weighted by molar-refractivity contribution is 7.98. The van der Waals surface area contributed by atoms with Crippen molar-refractivity contribution in [2.75, 3.05) is 12.0 Å². The summed E-state index contributed by atoms with van der Waals surface area (Å²) in [6.45, 7) is 0. The van der Waals surface area contributed by atoms with Gasteiger partial charge in [0.1, 0.15) is 5.82 Å². The van der Waals surface area contributed by atoms with Crippen LogP contribution in [0.3, 0.4) is 0 Å². The monoisotopic (exact) mass is 218 g/mol. The van der Waals surface area contributed by atoms with E-state index in [1.165, 1.54) is 11.8 Å². The average Bonchev–Trinajstić information content (AvgIpc) is 2.29. The SMILES string of the molecule is CSc1nc(N)cc(-c2cccnc2)n1. The third-order valence-electron chi connectivity index (χ3n) is 1.87.